The first-order valence-corrected chi connectivity index (χ1v) is 9.74. The van der Waals surface area contributed by atoms with Gasteiger partial charge in [-0.2, -0.15) is 0 Å². The van der Waals surface area contributed by atoms with Crippen LogP contribution in [0.3, 0.4) is 0 Å². The summed E-state index contributed by atoms with van der Waals surface area (Å²) < 4.78 is 3.30. The second-order valence-electron chi connectivity index (χ2n) is 6.10. The predicted molar refractivity (Wildman–Crippen MR) is 113 cm³/mol. The molecule has 134 valence electrons. The Hall–Kier alpha value is -2.73. The van der Waals surface area contributed by atoms with Crippen LogP contribution in [-0.2, 0) is 0 Å². The maximum atomic E-state index is 4.74. The Morgan fingerprint density at radius 1 is 0.885 bits per heavy atom. The maximum absolute atomic E-state index is 4.74. The van der Waals surface area contributed by atoms with E-state index in [0.29, 0.717) is 5.82 Å². The molecule has 0 amide bonds. The Morgan fingerprint density at radius 3 is 2.31 bits per heavy atom. The minimum absolute atomic E-state index is 0.280. The number of rotatable bonds is 7. The van der Waals surface area contributed by atoms with Gasteiger partial charge < -0.3 is 15.4 Å². The first-order chi connectivity index (χ1) is 12.7. The van der Waals surface area contributed by atoms with Crippen LogP contribution in [0.2, 0.25) is 0 Å². The highest BCUT2D eigenvalue weighted by atomic mass is 32.2. The van der Waals surface area contributed by atoms with E-state index in [2.05, 4.69) is 29.2 Å². The molecule has 2 aromatic carbocycles. The molecule has 0 saturated heterocycles. The number of benzene rings is 2. The van der Waals surface area contributed by atoms with Crippen LogP contribution in [0.25, 0.3) is 11.4 Å². The zero-order valence-electron chi connectivity index (χ0n) is 15.2. The summed E-state index contributed by atoms with van der Waals surface area (Å²) >= 11 is 1.55. The SMILES string of the molecule is CSNc1ccccc1-c1nc(Nc2ccccc2)cc(NC(C)C)n1. The third kappa shape index (κ3) is 4.67. The average molecular weight is 366 g/mol. The maximum Gasteiger partial charge on any atom is 0.165 e. The van der Waals surface area contributed by atoms with Gasteiger partial charge in [0.25, 0.3) is 0 Å². The summed E-state index contributed by atoms with van der Waals surface area (Å²) in [6, 6.07) is 20.3. The number of anilines is 4. The molecule has 0 atom stereocenters. The van der Waals surface area contributed by atoms with Crippen LogP contribution < -0.4 is 15.4 Å². The molecule has 3 N–H and O–H groups in total. The van der Waals surface area contributed by atoms with Crippen molar-refractivity contribution in [3.05, 3.63) is 60.7 Å². The lowest BCUT2D eigenvalue weighted by Crippen LogP contribution is -2.12. The lowest BCUT2D eigenvalue weighted by atomic mass is 10.1. The Kier molecular flexibility index (Phi) is 5.96. The highest BCUT2D eigenvalue weighted by Crippen LogP contribution is 2.29. The van der Waals surface area contributed by atoms with Gasteiger partial charge in [0.15, 0.2) is 5.82 Å². The second kappa shape index (κ2) is 8.58. The summed E-state index contributed by atoms with van der Waals surface area (Å²) in [5, 5.41) is 6.74. The largest absolute Gasteiger partial charge is 0.368 e. The molecule has 0 fully saturated rings. The van der Waals surface area contributed by atoms with E-state index >= 15 is 0 Å². The molecule has 0 unspecified atom stereocenters. The summed E-state index contributed by atoms with van der Waals surface area (Å²) in [5.41, 5.74) is 2.95. The van der Waals surface area contributed by atoms with Gasteiger partial charge in [-0.25, -0.2) is 9.97 Å². The summed E-state index contributed by atoms with van der Waals surface area (Å²) in [6.45, 7) is 4.19. The fourth-order valence-electron chi connectivity index (χ4n) is 2.55. The Balaban J connectivity index is 2.02. The molecular formula is C20H23N5S. The molecule has 0 spiro atoms. The highest BCUT2D eigenvalue weighted by Gasteiger charge is 2.11. The molecule has 0 aliphatic carbocycles. The van der Waals surface area contributed by atoms with Crippen LogP contribution in [0.1, 0.15) is 13.8 Å². The highest BCUT2D eigenvalue weighted by molar-refractivity contribution is 7.99. The van der Waals surface area contributed by atoms with Crippen LogP contribution in [-0.4, -0.2) is 22.3 Å². The Labute approximate surface area is 158 Å². The van der Waals surface area contributed by atoms with Crippen molar-refractivity contribution in [2.24, 2.45) is 0 Å². The van der Waals surface area contributed by atoms with Gasteiger partial charge in [-0.05, 0) is 38.1 Å². The van der Waals surface area contributed by atoms with E-state index in [1.54, 1.807) is 11.9 Å². The fourth-order valence-corrected chi connectivity index (χ4v) is 2.95. The zero-order valence-corrected chi connectivity index (χ0v) is 16.0. The third-order valence-electron chi connectivity index (χ3n) is 3.59. The molecule has 0 aliphatic heterocycles. The molecule has 3 rings (SSSR count). The van der Waals surface area contributed by atoms with Crippen molar-refractivity contribution in [2.75, 3.05) is 21.6 Å². The van der Waals surface area contributed by atoms with Crippen LogP contribution in [0.5, 0.6) is 0 Å². The lowest BCUT2D eigenvalue weighted by Gasteiger charge is -2.15. The van der Waals surface area contributed by atoms with Crippen molar-refractivity contribution in [2.45, 2.75) is 19.9 Å². The topological polar surface area (TPSA) is 61.9 Å². The number of aromatic nitrogens is 2. The predicted octanol–water partition coefficient (Wildman–Crippen LogP) is 5.40. The standard InChI is InChI=1S/C20H23N5S/c1-14(2)21-18-13-19(22-15-9-5-4-6-10-15)24-20(23-18)16-11-7-8-12-17(16)25-26-3/h4-14,25H,1-3H3,(H2,21,22,23,24). The molecule has 0 aliphatic rings. The Bertz CT molecular complexity index is 852. The van der Waals surface area contributed by atoms with E-state index in [1.807, 2.05) is 66.9 Å². The van der Waals surface area contributed by atoms with Gasteiger partial charge >= 0.3 is 0 Å². The molecular weight excluding hydrogens is 342 g/mol. The molecule has 0 bridgehead atoms. The van der Waals surface area contributed by atoms with Crippen molar-refractivity contribution >= 4 is 35.0 Å². The molecule has 1 aromatic heterocycles. The number of nitrogens with one attached hydrogen (secondary N) is 3. The van der Waals surface area contributed by atoms with Crippen molar-refractivity contribution in [1.82, 2.24) is 9.97 Å². The van der Waals surface area contributed by atoms with Gasteiger partial charge in [0.05, 0.1) is 5.69 Å². The summed E-state index contributed by atoms with van der Waals surface area (Å²) in [5.74, 6) is 2.22. The fraction of sp³-hybridized carbons (Fsp3) is 0.200. The number of para-hydroxylation sites is 2. The van der Waals surface area contributed by atoms with Gasteiger partial charge in [0.1, 0.15) is 11.6 Å². The van der Waals surface area contributed by atoms with E-state index in [1.165, 1.54) is 0 Å². The van der Waals surface area contributed by atoms with Gasteiger partial charge in [0.2, 0.25) is 0 Å². The van der Waals surface area contributed by atoms with Crippen molar-refractivity contribution < 1.29 is 0 Å². The third-order valence-corrected chi connectivity index (χ3v) is 4.01. The summed E-state index contributed by atoms with van der Waals surface area (Å²) in [4.78, 5) is 9.45. The van der Waals surface area contributed by atoms with Gasteiger partial charge in [-0.3, -0.25) is 0 Å². The quantitative estimate of drug-likeness (QED) is 0.488. The van der Waals surface area contributed by atoms with Gasteiger partial charge in [-0.1, -0.05) is 42.3 Å². The summed E-state index contributed by atoms with van der Waals surface area (Å²) in [7, 11) is 0. The second-order valence-corrected chi connectivity index (χ2v) is 6.72. The molecule has 0 saturated carbocycles. The van der Waals surface area contributed by atoms with Crippen molar-refractivity contribution in [1.29, 1.82) is 0 Å². The minimum Gasteiger partial charge on any atom is -0.368 e. The van der Waals surface area contributed by atoms with Crippen molar-refractivity contribution in [3.8, 4) is 11.4 Å². The average Bonchev–Trinajstić information content (AvgIpc) is 2.62. The Morgan fingerprint density at radius 2 is 1.58 bits per heavy atom. The van der Waals surface area contributed by atoms with Crippen molar-refractivity contribution in [3.63, 3.8) is 0 Å². The molecule has 26 heavy (non-hydrogen) atoms. The van der Waals surface area contributed by atoms with Crippen LogP contribution >= 0.6 is 11.9 Å². The van der Waals surface area contributed by atoms with Gasteiger partial charge in [0, 0.05) is 29.6 Å². The molecule has 6 heteroatoms. The number of nitrogens with zero attached hydrogens (tertiary/aromatic N) is 2. The van der Waals surface area contributed by atoms with E-state index in [4.69, 9.17) is 9.97 Å². The van der Waals surface area contributed by atoms with Crippen LogP contribution in [0.4, 0.5) is 23.0 Å². The smallest absolute Gasteiger partial charge is 0.165 e. The molecule has 3 aromatic rings. The molecule has 5 nitrogen and oxygen atoms in total. The van der Waals surface area contributed by atoms with Crippen LogP contribution in [0.15, 0.2) is 60.7 Å². The number of hydrogen-bond acceptors (Lipinski definition) is 6. The molecule has 0 radical (unpaired) electrons. The minimum atomic E-state index is 0.280. The monoisotopic (exact) mass is 365 g/mol. The zero-order chi connectivity index (χ0) is 18.4. The normalized spacial score (nSPS) is 10.6. The number of hydrogen-bond donors (Lipinski definition) is 3. The first kappa shape index (κ1) is 18.1. The van der Waals surface area contributed by atoms with E-state index in [0.717, 1.165) is 28.6 Å². The van der Waals surface area contributed by atoms with E-state index < -0.39 is 0 Å². The lowest BCUT2D eigenvalue weighted by molar-refractivity contribution is 0.887. The molecule has 1 heterocycles. The summed E-state index contributed by atoms with van der Waals surface area (Å²) in [6.07, 6.45) is 2.00. The van der Waals surface area contributed by atoms with Gasteiger partial charge in [-0.15, -0.1) is 0 Å². The van der Waals surface area contributed by atoms with E-state index in [9.17, 15) is 0 Å². The van der Waals surface area contributed by atoms with Crippen LogP contribution in [0, 0.1) is 0 Å². The first-order valence-electron chi connectivity index (χ1n) is 8.52. The van der Waals surface area contributed by atoms with E-state index in [-0.39, 0.29) is 6.04 Å².